The molecule has 0 aliphatic carbocycles. The monoisotopic (exact) mass is 255 g/mol. The number of rotatable bonds is 3. The van der Waals surface area contributed by atoms with Crippen LogP contribution in [0, 0.1) is 0 Å². The largest absolute Gasteiger partial charge is 0.398 e. The van der Waals surface area contributed by atoms with Gasteiger partial charge in [0.15, 0.2) is 0 Å². The number of hydrogen-bond acceptors (Lipinski definition) is 3. The van der Waals surface area contributed by atoms with Crippen LogP contribution in [0.3, 0.4) is 0 Å². The van der Waals surface area contributed by atoms with Crippen LogP contribution in [0.25, 0.3) is 11.1 Å². The van der Waals surface area contributed by atoms with Crippen molar-refractivity contribution >= 4 is 17.0 Å². The van der Waals surface area contributed by atoms with E-state index in [1.165, 1.54) is 5.56 Å². The van der Waals surface area contributed by atoms with E-state index >= 15 is 0 Å². The van der Waals surface area contributed by atoms with Crippen molar-refractivity contribution in [3.05, 3.63) is 59.0 Å². The molecule has 3 rings (SSSR count). The number of nitrogens with zero attached hydrogens (tertiary/aromatic N) is 2. The molecule has 2 N–H and O–H groups in total. The van der Waals surface area contributed by atoms with E-state index in [9.17, 15) is 0 Å². The van der Waals surface area contributed by atoms with Crippen molar-refractivity contribution < 1.29 is 0 Å². The maximum Gasteiger partial charge on any atom is 0.0667 e. The molecule has 3 aromatic rings. The Hall–Kier alpha value is -2.07. The average Bonchev–Trinajstić information content (AvgIpc) is 3.02. The lowest BCUT2D eigenvalue weighted by atomic mass is 10.1. The summed E-state index contributed by atoms with van der Waals surface area (Å²) in [5, 5.41) is 8.59. The number of nitrogen functional groups attached to an aromatic ring is 1. The lowest BCUT2D eigenvalue weighted by molar-refractivity contribution is 0.688. The summed E-state index contributed by atoms with van der Waals surface area (Å²) in [7, 11) is 0. The summed E-state index contributed by atoms with van der Waals surface area (Å²) >= 11 is 1.70. The minimum absolute atomic E-state index is 0.785. The first-order chi connectivity index (χ1) is 8.83. The van der Waals surface area contributed by atoms with Gasteiger partial charge in [-0.25, -0.2) is 0 Å². The molecule has 90 valence electrons. The molecule has 0 spiro atoms. The Morgan fingerprint density at radius 3 is 2.89 bits per heavy atom. The van der Waals surface area contributed by atoms with E-state index in [4.69, 9.17) is 5.73 Å². The highest BCUT2D eigenvalue weighted by molar-refractivity contribution is 7.07. The lowest BCUT2D eigenvalue weighted by Crippen LogP contribution is -1.97. The van der Waals surface area contributed by atoms with Crippen LogP contribution in [0.2, 0.25) is 0 Å². The van der Waals surface area contributed by atoms with Gasteiger partial charge in [-0.2, -0.15) is 16.4 Å². The van der Waals surface area contributed by atoms with Crippen LogP contribution < -0.4 is 5.73 Å². The summed E-state index contributed by atoms with van der Waals surface area (Å²) < 4.78 is 1.93. The Morgan fingerprint density at radius 2 is 2.11 bits per heavy atom. The highest BCUT2D eigenvalue weighted by Crippen LogP contribution is 2.24. The number of hydrogen-bond donors (Lipinski definition) is 1. The van der Waals surface area contributed by atoms with E-state index in [-0.39, 0.29) is 0 Å². The molecule has 0 aliphatic rings. The zero-order chi connectivity index (χ0) is 12.4. The number of para-hydroxylation sites is 1. The molecule has 0 fully saturated rings. The van der Waals surface area contributed by atoms with Crippen molar-refractivity contribution in [1.82, 2.24) is 9.78 Å². The fraction of sp³-hybridized carbons (Fsp3) is 0.0714. The van der Waals surface area contributed by atoms with Gasteiger partial charge in [-0.05, 0) is 28.5 Å². The Labute approximate surface area is 109 Å². The molecule has 0 saturated carbocycles. The zero-order valence-electron chi connectivity index (χ0n) is 9.78. The van der Waals surface area contributed by atoms with Crippen LogP contribution in [0.4, 0.5) is 5.69 Å². The van der Waals surface area contributed by atoms with Crippen LogP contribution in [0.15, 0.2) is 53.5 Å². The average molecular weight is 255 g/mol. The molecule has 4 heteroatoms. The van der Waals surface area contributed by atoms with E-state index in [1.807, 2.05) is 41.3 Å². The molecule has 1 aromatic carbocycles. The summed E-state index contributed by atoms with van der Waals surface area (Å²) in [5.41, 5.74) is 10.1. The highest BCUT2D eigenvalue weighted by atomic mass is 32.1. The van der Waals surface area contributed by atoms with Crippen LogP contribution in [-0.2, 0) is 6.54 Å². The molecule has 18 heavy (non-hydrogen) atoms. The third-order valence-electron chi connectivity index (χ3n) is 2.83. The normalized spacial score (nSPS) is 10.7. The fourth-order valence-electron chi connectivity index (χ4n) is 1.92. The first kappa shape index (κ1) is 11.0. The Bertz CT molecular complexity index is 641. The fourth-order valence-corrected chi connectivity index (χ4v) is 2.58. The molecule has 2 aromatic heterocycles. The molecule has 0 unspecified atom stereocenters. The van der Waals surface area contributed by atoms with Gasteiger partial charge in [-0.3, -0.25) is 4.68 Å². The van der Waals surface area contributed by atoms with E-state index in [0.29, 0.717) is 0 Å². The maximum atomic E-state index is 5.96. The number of benzene rings is 1. The van der Waals surface area contributed by atoms with Gasteiger partial charge >= 0.3 is 0 Å². The first-order valence-electron chi connectivity index (χ1n) is 5.71. The standard InChI is InChI=1S/C14H13N3S/c15-14-4-2-1-3-13(14)12-7-16-17(9-12)8-11-5-6-18-10-11/h1-7,9-10H,8,15H2. The molecule has 2 heterocycles. The predicted molar refractivity (Wildman–Crippen MR) is 75.5 cm³/mol. The molecule has 0 aliphatic heterocycles. The summed E-state index contributed by atoms with van der Waals surface area (Å²) in [4.78, 5) is 0. The third kappa shape index (κ3) is 2.15. The number of thiophene rings is 1. The lowest BCUT2D eigenvalue weighted by Gasteiger charge is -2.01. The summed E-state index contributed by atoms with van der Waals surface area (Å²) in [6.45, 7) is 0.802. The highest BCUT2D eigenvalue weighted by Gasteiger charge is 2.05. The van der Waals surface area contributed by atoms with Crippen molar-refractivity contribution in [3.63, 3.8) is 0 Å². The van der Waals surface area contributed by atoms with E-state index in [2.05, 4.69) is 21.9 Å². The van der Waals surface area contributed by atoms with Crippen molar-refractivity contribution in [2.45, 2.75) is 6.54 Å². The third-order valence-corrected chi connectivity index (χ3v) is 3.56. The minimum atomic E-state index is 0.785. The molecule has 0 saturated heterocycles. The molecule has 3 nitrogen and oxygen atoms in total. The zero-order valence-corrected chi connectivity index (χ0v) is 10.6. The second kappa shape index (κ2) is 4.66. The second-order valence-electron chi connectivity index (χ2n) is 4.15. The van der Waals surface area contributed by atoms with Crippen molar-refractivity contribution in [1.29, 1.82) is 0 Å². The second-order valence-corrected chi connectivity index (χ2v) is 4.93. The van der Waals surface area contributed by atoms with Crippen LogP contribution >= 0.6 is 11.3 Å². The van der Waals surface area contributed by atoms with Gasteiger partial charge in [-0.1, -0.05) is 18.2 Å². The SMILES string of the molecule is Nc1ccccc1-c1cnn(Cc2ccsc2)c1. The van der Waals surface area contributed by atoms with E-state index < -0.39 is 0 Å². The quantitative estimate of drug-likeness (QED) is 0.730. The predicted octanol–water partition coefficient (Wildman–Crippen LogP) is 3.24. The number of anilines is 1. The summed E-state index contributed by atoms with van der Waals surface area (Å²) in [6, 6.07) is 9.96. The molecule has 0 bridgehead atoms. The minimum Gasteiger partial charge on any atom is -0.398 e. The van der Waals surface area contributed by atoms with Gasteiger partial charge in [0, 0.05) is 23.0 Å². The topological polar surface area (TPSA) is 43.8 Å². The molecular formula is C14H13N3S. The maximum absolute atomic E-state index is 5.96. The smallest absolute Gasteiger partial charge is 0.0667 e. The van der Waals surface area contributed by atoms with E-state index in [1.54, 1.807) is 11.3 Å². The van der Waals surface area contributed by atoms with Crippen molar-refractivity contribution in [3.8, 4) is 11.1 Å². The van der Waals surface area contributed by atoms with E-state index in [0.717, 1.165) is 23.4 Å². The Kier molecular flexibility index (Phi) is 2.86. The summed E-state index contributed by atoms with van der Waals surface area (Å²) in [6.07, 6.45) is 3.89. The van der Waals surface area contributed by atoms with Crippen LogP contribution in [-0.4, -0.2) is 9.78 Å². The molecule has 0 amide bonds. The number of nitrogens with two attached hydrogens (primary N) is 1. The molecule has 0 atom stereocenters. The molecule has 0 radical (unpaired) electrons. The van der Waals surface area contributed by atoms with Crippen LogP contribution in [0.5, 0.6) is 0 Å². The van der Waals surface area contributed by atoms with Gasteiger partial charge in [-0.15, -0.1) is 0 Å². The van der Waals surface area contributed by atoms with Gasteiger partial charge in [0.1, 0.15) is 0 Å². The molecular weight excluding hydrogens is 242 g/mol. The van der Waals surface area contributed by atoms with Crippen molar-refractivity contribution in [2.24, 2.45) is 0 Å². The van der Waals surface area contributed by atoms with Gasteiger partial charge in [0.05, 0.1) is 12.7 Å². The Balaban J connectivity index is 1.88. The first-order valence-corrected chi connectivity index (χ1v) is 6.65. The summed E-state index contributed by atoms with van der Waals surface area (Å²) in [5.74, 6) is 0. The number of aromatic nitrogens is 2. The Morgan fingerprint density at radius 1 is 1.22 bits per heavy atom. The van der Waals surface area contributed by atoms with Gasteiger partial charge in [0.25, 0.3) is 0 Å². The van der Waals surface area contributed by atoms with Crippen molar-refractivity contribution in [2.75, 3.05) is 5.73 Å². The van der Waals surface area contributed by atoms with Gasteiger partial charge < -0.3 is 5.73 Å². The van der Waals surface area contributed by atoms with Crippen LogP contribution in [0.1, 0.15) is 5.56 Å². The van der Waals surface area contributed by atoms with Gasteiger partial charge in [0.2, 0.25) is 0 Å².